The summed E-state index contributed by atoms with van der Waals surface area (Å²) in [6.45, 7) is 20.2. The van der Waals surface area contributed by atoms with E-state index >= 15 is 0 Å². The van der Waals surface area contributed by atoms with Gasteiger partial charge in [-0.3, -0.25) is 19.1 Å². The lowest BCUT2D eigenvalue weighted by molar-refractivity contribution is -0.143. The number of carbonyl (C=O) groups is 4. The number of ether oxygens (including phenoxy) is 3. The minimum absolute atomic E-state index is 0.00893. The zero-order valence-electron chi connectivity index (χ0n) is 36.3. The third kappa shape index (κ3) is 8.90. The normalized spacial score (nSPS) is 22.9. The molecular weight excluding hydrogens is 803 g/mol. The van der Waals surface area contributed by atoms with Gasteiger partial charge in [0.05, 0.1) is 37.3 Å². The Kier molecular flexibility index (Phi) is 11.8. The fourth-order valence-corrected chi connectivity index (χ4v) is 14.4. The van der Waals surface area contributed by atoms with Crippen LogP contribution < -0.4 is 24.8 Å². The number of likely N-dealkylation sites (tertiary alicyclic amines) is 1. The zero-order chi connectivity index (χ0) is 44.2. The number of alkyl carbamates (subject to hydrolysis) is 1. The maximum absolute atomic E-state index is 14.8. The Morgan fingerprint density at radius 3 is 2.22 bits per heavy atom. The van der Waals surface area contributed by atoms with E-state index in [0.717, 1.165) is 5.56 Å². The van der Waals surface area contributed by atoms with E-state index in [1.54, 1.807) is 60.8 Å². The summed E-state index contributed by atoms with van der Waals surface area (Å²) in [5, 5.41) is 6.29. The Labute approximate surface area is 354 Å². The number of rotatable bonds is 13. The summed E-state index contributed by atoms with van der Waals surface area (Å²) in [6.07, 6.45) is 1.06. The van der Waals surface area contributed by atoms with Crippen molar-refractivity contribution in [3.8, 4) is 22.8 Å². The van der Waals surface area contributed by atoms with Crippen LogP contribution in [0.15, 0.2) is 67.3 Å². The first-order chi connectivity index (χ1) is 27.8. The van der Waals surface area contributed by atoms with Crippen LogP contribution in [0, 0.1) is 11.3 Å². The second kappa shape index (κ2) is 15.8. The van der Waals surface area contributed by atoms with Gasteiger partial charge in [-0.15, -0.1) is 6.58 Å². The summed E-state index contributed by atoms with van der Waals surface area (Å²) in [6, 6.07) is 14.5. The molecule has 1 saturated heterocycles. The van der Waals surface area contributed by atoms with Gasteiger partial charge in [0.1, 0.15) is 40.8 Å². The van der Waals surface area contributed by atoms with Crippen LogP contribution in [0.4, 0.5) is 4.79 Å². The molecule has 324 valence electrons. The summed E-state index contributed by atoms with van der Waals surface area (Å²) in [4.78, 5) is 62.9. The van der Waals surface area contributed by atoms with Crippen LogP contribution >= 0.6 is 0 Å². The smallest absolute Gasteiger partial charge is 0.408 e. The number of carbonyl (C=O) groups excluding carboxylic acids is 4. The van der Waals surface area contributed by atoms with Crippen molar-refractivity contribution in [2.75, 3.05) is 13.7 Å². The van der Waals surface area contributed by atoms with Crippen LogP contribution in [0.25, 0.3) is 22.2 Å². The van der Waals surface area contributed by atoms with E-state index in [-0.39, 0.29) is 19.4 Å². The molecule has 16 heteroatoms. The second-order valence-corrected chi connectivity index (χ2v) is 27.2. The highest BCUT2D eigenvalue weighted by Gasteiger charge is 2.66. The fourth-order valence-electron chi connectivity index (χ4n) is 8.14. The summed E-state index contributed by atoms with van der Waals surface area (Å²) in [7, 11) is -4.77. The SMILES string of the molecule is C=C[C@H]1C[C@@]1(NC(=O)[C@@H]1C[C@@H](Oc2cc(-c3ccccc3)nc3cc(OC)ccc23)CN1C(=O)[C@@H](NC(=O)OC(C)(C)C)C(C)(C)C)C(=O)NS(=O)(=O)C1([Si](C)(C)C)CC1. The van der Waals surface area contributed by atoms with Crippen LogP contribution in [0.2, 0.25) is 19.6 Å². The molecule has 2 aliphatic carbocycles. The van der Waals surface area contributed by atoms with Crippen LogP contribution in [0.1, 0.15) is 67.2 Å². The van der Waals surface area contributed by atoms with Gasteiger partial charge in [-0.2, -0.15) is 0 Å². The van der Waals surface area contributed by atoms with E-state index in [1.165, 1.54) is 11.0 Å². The van der Waals surface area contributed by atoms with Gasteiger partial charge in [0.2, 0.25) is 21.8 Å². The monoisotopic (exact) mass is 861 g/mol. The molecule has 0 unspecified atom stereocenters. The number of amides is 4. The Morgan fingerprint density at radius 1 is 1.00 bits per heavy atom. The molecule has 14 nitrogen and oxygen atoms in total. The van der Waals surface area contributed by atoms with Gasteiger partial charge in [-0.1, -0.05) is 76.8 Å². The van der Waals surface area contributed by atoms with Crippen LogP contribution in [0.3, 0.4) is 0 Å². The molecule has 6 rings (SSSR count). The van der Waals surface area contributed by atoms with Gasteiger partial charge in [0.25, 0.3) is 5.91 Å². The maximum atomic E-state index is 14.8. The largest absolute Gasteiger partial charge is 0.497 e. The number of aromatic nitrogens is 1. The lowest BCUT2D eigenvalue weighted by atomic mass is 9.85. The van der Waals surface area contributed by atoms with Crippen molar-refractivity contribution in [2.24, 2.45) is 11.3 Å². The fraction of sp³-hybridized carbons (Fsp3) is 0.523. The third-order valence-corrected chi connectivity index (χ3v) is 19.6. The Balaban J connectivity index is 1.35. The first-order valence-corrected chi connectivity index (χ1v) is 25.4. The predicted octanol–water partition coefficient (Wildman–Crippen LogP) is 6.12. The standard InChI is InChI=1S/C44H59N5O9SSi/c1-12-28-25-44(28,39(52)48-59(54,55)43(20-21-43)60(9,10)11)47-37(50)34-23-30(26-49(34)38(51)36(41(2,3)4)46-40(53)58-42(5,6)7)57-35-24-32(27-16-14-13-15-17-27)45-33-22-29(56-8)18-19-31(33)35/h12-19,22,24,28,30,34,36H,1,20-21,23,25-26H2,2-11H3,(H,46,53)(H,47,50)(H,48,52)/t28-,30+,34-,36+,44-/m0/s1. The van der Waals surface area contributed by atoms with Crippen molar-refractivity contribution in [2.45, 2.75) is 121 Å². The molecule has 3 fully saturated rings. The lowest BCUT2D eigenvalue weighted by Gasteiger charge is -2.36. The van der Waals surface area contributed by atoms with E-state index in [4.69, 9.17) is 19.2 Å². The number of nitrogens with zero attached hydrogens (tertiary/aromatic N) is 2. The number of nitrogens with one attached hydrogen (secondary N) is 3. The first kappa shape index (κ1) is 44.6. The molecule has 2 aromatic carbocycles. The average Bonchev–Trinajstić information content (AvgIpc) is 4.07. The molecule has 5 atom stereocenters. The van der Waals surface area contributed by atoms with Crippen molar-refractivity contribution < 1.29 is 41.8 Å². The topological polar surface area (TPSA) is 182 Å². The number of fused-ring (bicyclic) bond motifs is 1. The molecule has 60 heavy (non-hydrogen) atoms. The first-order valence-electron chi connectivity index (χ1n) is 20.4. The molecule has 0 radical (unpaired) electrons. The zero-order valence-corrected chi connectivity index (χ0v) is 38.1. The molecule has 1 aliphatic heterocycles. The quantitative estimate of drug-likeness (QED) is 0.134. The summed E-state index contributed by atoms with van der Waals surface area (Å²) in [5.41, 5.74) is -1.20. The van der Waals surface area contributed by atoms with E-state index in [9.17, 15) is 27.6 Å². The van der Waals surface area contributed by atoms with Gasteiger partial charge in [0.15, 0.2) is 0 Å². The molecule has 4 amide bonds. The van der Waals surface area contributed by atoms with Crippen LogP contribution in [0.5, 0.6) is 11.5 Å². The van der Waals surface area contributed by atoms with Gasteiger partial charge < -0.3 is 29.7 Å². The molecule has 3 aliphatic rings. The Hall–Kier alpha value is -4.96. The van der Waals surface area contributed by atoms with E-state index < -0.39 is 86.9 Å². The van der Waals surface area contributed by atoms with Crippen molar-refractivity contribution in [3.05, 3.63) is 67.3 Å². The molecular formula is C44H59N5O9SSi. The van der Waals surface area contributed by atoms with Crippen molar-refractivity contribution >= 4 is 52.8 Å². The van der Waals surface area contributed by atoms with Crippen molar-refractivity contribution in [1.82, 2.24) is 25.2 Å². The molecule has 2 heterocycles. The minimum Gasteiger partial charge on any atom is -0.497 e. The number of sulfonamides is 1. The Bertz CT molecular complexity index is 2300. The number of hydrogen-bond acceptors (Lipinski definition) is 10. The lowest BCUT2D eigenvalue weighted by Crippen LogP contribution is -2.61. The molecule has 2 saturated carbocycles. The van der Waals surface area contributed by atoms with E-state index in [2.05, 4.69) is 21.9 Å². The summed E-state index contributed by atoms with van der Waals surface area (Å²) >= 11 is 0. The van der Waals surface area contributed by atoms with Gasteiger partial charge in [-0.25, -0.2) is 18.2 Å². The highest BCUT2D eigenvalue weighted by molar-refractivity contribution is 7.93. The second-order valence-electron chi connectivity index (χ2n) is 19.4. The van der Waals surface area contributed by atoms with Crippen LogP contribution in [-0.2, 0) is 29.1 Å². The highest BCUT2D eigenvalue weighted by Crippen LogP contribution is 2.51. The predicted molar refractivity (Wildman–Crippen MR) is 232 cm³/mol. The number of hydrogen-bond donors (Lipinski definition) is 3. The Morgan fingerprint density at radius 2 is 1.67 bits per heavy atom. The average molecular weight is 862 g/mol. The van der Waals surface area contributed by atoms with E-state index in [0.29, 0.717) is 40.9 Å². The van der Waals surface area contributed by atoms with Gasteiger partial charge in [0, 0.05) is 35.4 Å². The van der Waals surface area contributed by atoms with E-state index in [1.807, 2.05) is 62.1 Å². The van der Waals surface area contributed by atoms with Crippen molar-refractivity contribution in [1.29, 1.82) is 0 Å². The van der Waals surface area contributed by atoms with Crippen LogP contribution in [-0.4, -0.2) is 97.5 Å². The highest BCUT2D eigenvalue weighted by atomic mass is 32.2. The molecule has 1 aromatic heterocycles. The third-order valence-electron chi connectivity index (χ3n) is 11.8. The molecule has 0 spiro atoms. The maximum Gasteiger partial charge on any atom is 0.408 e. The number of pyridine rings is 1. The van der Waals surface area contributed by atoms with Gasteiger partial charge >= 0.3 is 6.09 Å². The molecule has 3 aromatic rings. The molecule has 0 bridgehead atoms. The van der Waals surface area contributed by atoms with Crippen molar-refractivity contribution in [3.63, 3.8) is 0 Å². The minimum atomic E-state index is -4.07. The van der Waals surface area contributed by atoms with Gasteiger partial charge in [-0.05, 0) is 57.6 Å². The number of methoxy groups -OCH3 is 1. The molecule has 3 N–H and O–H groups in total. The summed E-state index contributed by atoms with van der Waals surface area (Å²) < 4.78 is 46.7. The summed E-state index contributed by atoms with van der Waals surface area (Å²) in [5.74, 6) is -1.55. The number of benzene rings is 2.